The summed E-state index contributed by atoms with van der Waals surface area (Å²) in [4.78, 5) is 67.8. The van der Waals surface area contributed by atoms with Crippen molar-refractivity contribution in [1.29, 1.82) is 0 Å². The number of para-hydroxylation sites is 1. The molecule has 1 aromatic rings. The summed E-state index contributed by atoms with van der Waals surface area (Å²) in [5.41, 5.74) is -3.97. The third-order valence-corrected chi connectivity index (χ3v) is 6.40. The van der Waals surface area contributed by atoms with E-state index < -0.39 is 53.5 Å². The number of benzene rings is 1. The van der Waals surface area contributed by atoms with Crippen LogP contribution in [0, 0.1) is 10.8 Å². The molecule has 1 fully saturated rings. The summed E-state index contributed by atoms with van der Waals surface area (Å²) < 4.78 is 21.0. The summed E-state index contributed by atoms with van der Waals surface area (Å²) in [5, 5.41) is 2.75. The number of hydrogen-bond acceptors (Lipinski definition) is 9. The maximum Gasteiger partial charge on any atom is 0.325 e. The average Bonchev–Trinajstić information content (AvgIpc) is 2.89. The maximum absolute atomic E-state index is 13.7. The maximum atomic E-state index is 13.7. The van der Waals surface area contributed by atoms with Crippen molar-refractivity contribution in [2.24, 2.45) is 10.8 Å². The van der Waals surface area contributed by atoms with Gasteiger partial charge >= 0.3 is 23.9 Å². The minimum absolute atomic E-state index is 0.137. The van der Waals surface area contributed by atoms with Crippen molar-refractivity contribution < 1.29 is 42.9 Å². The van der Waals surface area contributed by atoms with Crippen molar-refractivity contribution in [3.63, 3.8) is 0 Å². The van der Waals surface area contributed by atoms with E-state index in [1.165, 1.54) is 34.6 Å². The highest BCUT2D eigenvalue weighted by molar-refractivity contribution is 6.16. The molecule has 2 rings (SSSR count). The Bertz CT molecular complexity index is 1080. The molecule has 206 valence electrons. The molecule has 0 radical (unpaired) electrons. The van der Waals surface area contributed by atoms with Crippen LogP contribution in [0.5, 0.6) is 0 Å². The van der Waals surface area contributed by atoms with Crippen molar-refractivity contribution in [1.82, 2.24) is 0 Å². The topological polar surface area (TPSA) is 134 Å². The van der Waals surface area contributed by atoms with Gasteiger partial charge in [0.2, 0.25) is 0 Å². The van der Waals surface area contributed by atoms with Gasteiger partial charge in [-0.1, -0.05) is 24.8 Å². The summed E-state index contributed by atoms with van der Waals surface area (Å²) in [7, 11) is 0. The van der Waals surface area contributed by atoms with E-state index in [1.54, 1.807) is 30.3 Å². The van der Waals surface area contributed by atoms with Gasteiger partial charge in [0.15, 0.2) is 10.8 Å². The molecule has 0 spiro atoms. The standard InChI is InChI=1S/C28H35NO9/c1-7-35-23(31)27(24(32)36-8-2)16-18(5)21(19(6)22(30)29-20-14-12-11-13-15-20)17-28(27,25(33)37-9-3)26(34)38-10-4/h11-15H,5,7-10,16-17H2,1-4,6H3,(H,29,30)/b21-19+. The molecule has 1 aromatic carbocycles. The van der Waals surface area contributed by atoms with Crippen LogP contribution in [0.1, 0.15) is 47.5 Å². The Morgan fingerprint density at radius 2 is 1.13 bits per heavy atom. The van der Waals surface area contributed by atoms with Crippen molar-refractivity contribution in [2.45, 2.75) is 47.5 Å². The lowest BCUT2D eigenvalue weighted by molar-refractivity contribution is -0.204. The van der Waals surface area contributed by atoms with E-state index in [4.69, 9.17) is 18.9 Å². The molecule has 0 heterocycles. The fraction of sp³-hybridized carbons (Fsp3) is 0.464. The summed E-state index contributed by atoms with van der Waals surface area (Å²) in [6, 6.07) is 8.68. The molecule has 1 saturated carbocycles. The summed E-state index contributed by atoms with van der Waals surface area (Å²) in [6.07, 6.45) is -1.11. The van der Waals surface area contributed by atoms with Crippen molar-refractivity contribution in [3.8, 4) is 0 Å². The molecule has 1 aliphatic rings. The second kappa shape index (κ2) is 13.0. The SMILES string of the molecule is C=C1CC(C(=O)OCC)(C(=O)OCC)C(C(=O)OCC)(C(=O)OCC)C/C1=C(/C)C(=O)Nc1ccccc1. The lowest BCUT2D eigenvalue weighted by Crippen LogP contribution is -2.64. The van der Waals surface area contributed by atoms with E-state index in [2.05, 4.69) is 11.9 Å². The largest absolute Gasteiger partial charge is 0.465 e. The molecule has 0 aliphatic heterocycles. The Morgan fingerprint density at radius 1 is 0.737 bits per heavy atom. The molecular weight excluding hydrogens is 494 g/mol. The Hall–Kier alpha value is -3.95. The Morgan fingerprint density at radius 3 is 1.53 bits per heavy atom. The van der Waals surface area contributed by atoms with Crippen molar-refractivity contribution in [3.05, 3.63) is 53.6 Å². The number of hydrogen-bond donors (Lipinski definition) is 1. The van der Waals surface area contributed by atoms with Gasteiger partial charge in [-0.25, -0.2) is 0 Å². The van der Waals surface area contributed by atoms with Gasteiger partial charge in [-0.05, 0) is 57.9 Å². The van der Waals surface area contributed by atoms with Crippen LogP contribution in [0.15, 0.2) is 53.6 Å². The molecule has 0 atom stereocenters. The Kier molecular flexibility index (Phi) is 10.4. The quantitative estimate of drug-likeness (QED) is 0.209. The van der Waals surface area contributed by atoms with Gasteiger partial charge in [0, 0.05) is 24.1 Å². The minimum Gasteiger partial charge on any atom is -0.465 e. The molecule has 0 bridgehead atoms. The Balaban J connectivity index is 2.85. The average molecular weight is 530 g/mol. The predicted molar refractivity (Wildman–Crippen MR) is 138 cm³/mol. The number of carbonyl (C=O) groups excluding carboxylic acids is 5. The number of allylic oxidation sites excluding steroid dienone is 2. The predicted octanol–water partition coefficient (Wildman–Crippen LogP) is 3.52. The van der Waals surface area contributed by atoms with Crippen LogP contribution in [-0.4, -0.2) is 56.2 Å². The highest BCUT2D eigenvalue weighted by Gasteiger charge is 2.75. The fourth-order valence-corrected chi connectivity index (χ4v) is 4.57. The highest BCUT2D eigenvalue weighted by Crippen LogP contribution is 2.57. The Labute approximate surface area is 222 Å². The molecule has 10 nitrogen and oxygen atoms in total. The number of ether oxygens (including phenoxy) is 4. The first-order chi connectivity index (χ1) is 18.1. The van der Waals surface area contributed by atoms with Crippen LogP contribution < -0.4 is 5.32 Å². The normalized spacial score (nSPS) is 17.0. The van der Waals surface area contributed by atoms with E-state index in [0.717, 1.165) is 0 Å². The smallest absolute Gasteiger partial charge is 0.325 e. The van der Waals surface area contributed by atoms with Gasteiger partial charge in [0.1, 0.15) is 0 Å². The zero-order chi connectivity index (χ0) is 28.5. The van der Waals surface area contributed by atoms with Crippen LogP contribution in [0.2, 0.25) is 0 Å². The zero-order valence-electron chi connectivity index (χ0n) is 22.5. The van der Waals surface area contributed by atoms with Gasteiger partial charge in [0.25, 0.3) is 5.91 Å². The van der Waals surface area contributed by atoms with Crippen molar-refractivity contribution in [2.75, 3.05) is 31.7 Å². The van der Waals surface area contributed by atoms with E-state index >= 15 is 0 Å². The summed E-state index contributed by atoms with van der Waals surface area (Å²) in [6.45, 7) is 11.0. The first kappa shape index (κ1) is 30.3. The van der Waals surface area contributed by atoms with E-state index in [0.29, 0.717) is 5.69 Å². The summed E-state index contributed by atoms with van der Waals surface area (Å²) in [5.74, 6) is -5.15. The number of amides is 1. The van der Waals surface area contributed by atoms with E-state index in [9.17, 15) is 24.0 Å². The van der Waals surface area contributed by atoms with Crippen LogP contribution >= 0.6 is 0 Å². The van der Waals surface area contributed by atoms with Gasteiger partial charge < -0.3 is 24.3 Å². The van der Waals surface area contributed by atoms with Crippen LogP contribution in [-0.2, 0) is 42.9 Å². The molecule has 1 N–H and O–H groups in total. The number of esters is 4. The van der Waals surface area contributed by atoms with Crippen LogP contribution in [0.4, 0.5) is 5.69 Å². The van der Waals surface area contributed by atoms with Gasteiger partial charge in [-0.2, -0.15) is 0 Å². The minimum atomic E-state index is -2.54. The molecule has 10 heteroatoms. The highest BCUT2D eigenvalue weighted by atomic mass is 16.6. The fourth-order valence-electron chi connectivity index (χ4n) is 4.57. The first-order valence-electron chi connectivity index (χ1n) is 12.5. The number of rotatable bonds is 10. The molecular formula is C28H35NO9. The molecule has 1 aliphatic carbocycles. The third kappa shape index (κ3) is 5.49. The second-order valence-corrected chi connectivity index (χ2v) is 8.57. The lowest BCUT2D eigenvalue weighted by Gasteiger charge is -2.47. The molecule has 0 saturated heterocycles. The molecule has 0 unspecified atom stereocenters. The molecule has 38 heavy (non-hydrogen) atoms. The number of anilines is 1. The second-order valence-electron chi connectivity index (χ2n) is 8.57. The monoisotopic (exact) mass is 529 g/mol. The van der Waals surface area contributed by atoms with E-state index in [1.807, 2.05) is 0 Å². The lowest BCUT2D eigenvalue weighted by atomic mass is 9.52. The molecule has 0 aromatic heterocycles. The van der Waals surface area contributed by atoms with Gasteiger partial charge in [-0.15, -0.1) is 0 Å². The van der Waals surface area contributed by atoms with Crippen LogP contribution in [0.25, 0.3) is 0 Å². The van der Waals surface area contributed by atoms with Gasteiger partial charge in [0.05, 0.1) is 26.4 Å². The van der Waals surface area contributed by atoms with Crippen molar-refractivity contribution >= 4 is 35.5 Å². The molecule has 1 amide bonds. The summed E-state index contributed by atoms with van der Waals surface area (Å²) >= 11 is 0. The number of carbonyl (C=O) groups is 5. The van der Waals surface area contributed by atoms with E-state index in [-0.39, 0.29) is 43.1 Å². The first-order valence-corrected chi connectivity index (χ1v) is 12.5. The number of nitrogens with one attached hydrogen (secondary N) is 1. The van der Waals surface area contributed by atoms with Crippen LogP contribution in [0.3, 0.4) is 0 Å². The third-order valence-electron chi connectivity index (χ3n) is 6.40. The van der Waals surface area contributed by atoms with Gasteiger partial charge in [-0.3, -0.25) is 24.0 Å². The zero-order valence-corrected chi connectivity index (χ0v) is 22.5.